The molecule has 4 aromatic rings. The molecule has 0 radical (unpaired) electrons. The summed E-state index contributed by atoms with van der Waals surface area (Å²) in [5.41, 5.74) is 2.48. The molecule has 0 aliphatic heterocycles. The fraction of sp³-hybridized carbons (Fsp3) is 0.238. The molecule has 1 aliphatic rings. The number of benzene rings is 1. The second kappa shape index (κ2) is 6.51. The molecule has 3 heterocycles. The van der Waals surface area contributed by atoms with Gasteiger partial charge in [0.2, 0.25) is 0 Å². The largest absolute Gasteiger partial charge is 0.573 e. The predicted molar refractivity (Wildman–Crippen MR) is 105 cm³/mol. The van der Waals surface area contributed by atoms with E-state index in [9.17, 15) is 18.0 Å². The van der Waals surface area contributed by atoms with Gasteiger partial charge in [0, 0.05) is 53.9 Å². The summed E-state index contributed by atoms with van der Waals surface area (Å²) in [6.45, 7) is 0. The Balaban J connectivity index is 1.69. The van der Waals surface area contributed by atoms with Crippen LogP contribution < -0.4 is 10.3 Å². The lowest BCUT2D eigenvalue weighted by molar-refractivity contribution is -0.274. The normalized spacial score (nSPS) is 14.4. The number of hydrogen-bond donors (Lipinski definition) is 0. The predicted octanol–water partition coefficient (Wildman–Crippen LogP) is 4.43. The summed E-state index contributed by atoms with van der Waals surface area (Å²) in [6, 6.07) is 7.50. The second-order valence-corrected chi connectivity index (χ2v) is 7.38. The fourth-order valence-electron chi connectivity index (χ4n) is 3.71. The number of halogens is 3. The van der Waals surface area contributed by atoms with E-state index in [2.05, 4.69) is 9.84 Å². The lowest BCUT2D eigenvalue weighted by Crippen LogP contribution is -2.21. The Morgan fingerprint density at radius 1 is 1.10 bits per heavy atom. The number of nitrogens with zero attached hydrogens (tertiary/aromatic N) is 4. The minimum Gasteiger partial charge on any atom is -0.406 e. The highest BCUT2D eigenvalue weighted by molar-refractivity contribution is 5.94. The zero-order chi connectivity index (χ0) is 21.0. The van der Waals surface area contributed by atoms with Gasteiger partial charge in [0.05, 0.1) is 6.20 Å². The van der Waals surface area contributed by atoms with Gasteiger partial charge in [-0.05, 0) is 43.2 Å². The molecule has 1 fully saturated rings. The molecular weight excluding hydrogens is 397 g/mol. The first-order valence-electron chi connectivity index (χ1n) is 9.41. The van der Waals surface area contributed by atoms with Crippen LogP contribution in [0.5, 0.6) is 5.75 Å². The zero-order valence-electron chi connectivity index (χ0n) is 15.9. The minimum atomic E-state index is -4.77. The molecule has 9 heteroatoms. The van der Waals surface area contributed by atoms with Crippen LogP contribution in [-0.4, -0.2) is 25.3 Å². The average molecular weight is 414 g/mol. The Morgan fingerprint density at radius 2 is 1.83 bits per heavy atom. The minimum absolute atomic E-state index is 0.223. The summed E-state index contributed by atoms with van der Waals surface area (Å²) < 4.78 is 46.4. The highest BCUT2D eigenvalue weighted by Crippen LogP contribution is 2.39. The van der Waals surface area contributed by atoms with Gasteiger partial charge in [-0.25, -0.2) is 0 Å². The Hall–Kier alpha value is -3.49. The van der Waals surface area contributed by atoms with Gasteiger partial charge in [-0.3, -0.25) is 14.0 Å². The van der Waals surface area contributed by atoms with Crippen molar-refractivity contribution in [1.29, 1.82) is 0 Å². The summed E-state index contributed by atoms with van der Waals surface area (Å²) in [6.07, 6.45) is 4.48. The molecule has 0 N–H and O–H groups in total. The van der Waals surface area contributed by atoms with Crippen molar-refractivity contribution in [3.8, 4) is 22.6 Å². The number of alkyl halides is 3. The van der Waals surface area contributed by atoms with Crippen LogP contribution in [-0.2, 0) is 7.05 Å². The maximum atomic E-state index is 13.4. The second-order valence-electron chi connectivity index (χ2n) is 7.38. The van der Waals surface area contributed by atoms with Gasteiger partial charge in [0.1, 0.15) is 11.3 Å². The summed E-state index contributed by atoms with van der Waals surface area (Å²) in [5, 5.41) is 5.05. The molecule has 1 saturated carbocycles. The molecule has 0 spiro atoms. The highest BCUT2D eigenvalue weighted by Gasteiger charge is 2.31. The third-order valence-electron chi connectivity index (χ3n) is 5.19. The standard InChI is InChI=1S/C21H17F3N4O2/c1-26-11-13(10-25-26)18-12-28(15-4-6-16(7-5-15)30-21(22,23)24)20(29)19-17(18)8-9-27(19)14-2-3-14/h4-12,14H,2-3H2,1H3. The first kappa shape index (κ1) is 18.5. The molecule has 0 saturated heterocycles. The molecule has 0 atom stereocenters. The molecule has 30 heavy (non-hydrogen) atoms. The topological polar surface area (TPSA) is 54.0 Å². The monoisotopic (exact) mass is 414 g/mol. The van der Waals surface area contributed by atoms with Crippen molar-refractivity contribution in [1.82, 2.24) is 18.9 Å². The summed E-state index contributed by atoms with van der Waals surface area (Å²) in [7, 11) is 1.81. The Morgan fingerprint density at radius 3 is 2.43 bits per heavy atom. The van der Waals surface area contributed by atoms with E-state index < -0.39 is 6.36 Å². The van der Waals surface area contributed by atoms with Crippen molar-refractivity contribution >= 4 is 10.9 Å². The molecule has 0 unspecified atom stereocenters. The van der Waals surface area contributed by atoms with E-state index in [0.717, 1.165) is 29.4 Å². The maximum Gasteiger partial charge on any atom is 0.573 e. The van der Waals surface area contributed by atoms with Crippen LogP contribution in [0.2, 0.25) is 0 Å². The van der Waals surface area contributed by atoms with E-state index >= 15 is 0 Å². The fourth-order valence-corrected chi connectivity index (χ4v) is 3.71. The van der Waals surface area contributed by atoms with Crippen molar-refractivity contribution in [2.75, 3.05) is 0 Å². The van der Waals surface area contributed by atoms with Crippen molar-refractivity contribution in [2.24, 2.45) is 7.05 Å². The summed E-state index contributed by atoms with van der Waals surface area (Å²) >= 11 is 0. The molecule has 5 rings (SSSR count). The number of rotatable bonds is 4. The molecule has 3 aromatic heterocycles. The number of pyridine rings is 1. The molecule has 0 bridgehead atoms. The Kier molecular flexibility index (Phi) is 4.02. The van der Waals surface area contributed by atoms with Crippen LogP contribution in [0.15, 0.2) is 59.9 Å². The van der Waals surface area contributed by atoms with E-state index in [-0.39, 0.29) is 11.3 Å². The van der Waals surface area contributed by atoms with Gasteiger partial charge in [0.25, 0.3) is 5.56 Å². The van der Waals surface area contributed by atoms with Crippen LogP contribution >= 0.6 is 0 Å². The Bertz CT molecular complexity index is 1290. The molecular formula is C21H17F3N4O2. The van der Waals surface area contributed by atoms with Gasteiger partial charge < -0.3 is 9.30 Å². The van der Waals surface area contributed by atoms with E-state index in [4.69, 9.17) is 0 Å². The van der Waals surface area contributed by atoms with Gasteiger partial charge >= 0.3 is 6.36 Å². The van der Waals surface area contributed by atoms with Gasteiger partial charge in [-0.1, -0.05) is 0 Å². The van der Waals surface area contributed by atoms with Gasteiger partial charge in [0.15, 0.2) is 0 Å². The number of aromatic nitrogens is 4. The lowest BCUT2D eigenvalue weighted by atomic mass is 10.1. The van der Waals surface area contributed by atoms with Crippen LogP contribution in [0.25, 0.3) is 27.7 Å². The van der Waals surface area contributed by atoms with E-state index in [1.165, 1.54) is 28.8 Å². The Labute approximate surface area is 168 Å². The SMILES string of the molecule is Cn1cc(-c2cn(-c3ccc(OC(F)(F)F)cc3)c(=O)c3c2ccn3C2CC2)cn1. The van der Waals surface area contributed by atoms with Crippen molar-refractivity contribution in [3.05, 3.63) is 65.5 Å². The first-order valence-corrected chi connectivity index (χ1v) is 9.41. The van der Waals surface area contributed by atoms with Crippen LogP contribution in [0.4, 0.5) is 13.2 Å². The van der Waals surface area contributed by atoms with Crippen LogP contribution in [0.1, 0.15) is 18.9 Å². The summed E-state index contributed by atoms with van der Waals surface area (Å²) in [5.74, 6) is -0.339. The van der Waals surface area contributed by atoms with Crippen molar-refractivity contribution in [2.45, 2.75) is 25.2 Å². The van der Waals surface area contributed by atoms with E-state index in [1.54, 1.807) is 17.1 Å². The average Bonchev–Trinajstić information content (AvgIpc) is 3.28. The van der Waals surface area contributed by atoms with Crippen molar-refractivity contribution in [3.63, 3.8) is 0 Å². The smallest absolute Gasteiger partial charge is 0.406 e. The molecule has 6 nitrogen and oxygen atoms in total. The first-order chi connectivity index (χ1) is 14.3. The number of fused-ring (bicyclic) bond motifs is 1. The van der Waals surface area contributed by atoms with Crippen molar-refractivity contribution < 1.29 is 17.9 Å². The zero-order valence-corrected chi connectivity index (χ0v) is 15.9. The maximum absolute atomic E-state index is 13.4. The molecule has 0 amide bonds. The number of ether oxygens (including phenoxy) is 1. The van der Waals surface area contributed by atoms with Crippen LogP contribution in [0.3, 0.4) is 0 Å². The third kappa shape index (κ3) is 3.26. The van der Waals surface area contributed by atoms with Gasteiger partial charge in [-0.15, -0.1) is 13.2 Å². The van der Waals surface area contributed by atoms with Crippen LogP contribution in [0, 0.1) is 0 Å². The van der Waals surface area contributed by atoms with Gasteiger partial charge in [-0.2, -0.15) is 5.10 Å². The lowest BCUT2D eigenvalue weighted by Gasteiger charge is -2.13. The third-order valence-corrected chi connectivity index (χ3v) is 5.19. The highest BCUT2D eigenvalue weighted by atomic mass is 19.4. The molecule has 1 aromatic carbocycles. The number of aryl methyl sites for hydroxylation is 1. The van der Waals surface area contributed by atoms with E-state index in [1.807, 2.05) is 30.1 Å². The molecule has 154 valence electrons. The summed E-state index contributed by atoms with van der Waals surface area (Å²) in [4.78, 5) is 13.4. The quantitative estimate of drug-likeness (QED) is 0.497. The molecule has 1 aliphatic carbocycles. The van der Waals surface area contributed by atoms with E-state index in [0.29, 0.717) is 17.2 Å². The number of hydrogen-bond acceptors (Lipinski definition) is 3.